The molecule has 0 spiro atoms. The van der Waals surface area contributed by atoms with Crippen LogP contribution in [0.3, 0.4) is 0 Å². The molecule has 2 amide bonds. The summed E-state index contributed by atoms with van der Waals surface area (Å²) in [5.41, 5.74) is 1.52. The van der Waals surface area contributed by atoms with Gasteiger partial charge >= 0.3 is 0 Å². The molecule has 0 saturated carbocycles. The lowest BCUT2D eigenvalue weighted by Gasteiger charge is -2.32. The van der Waals surface area contributed by atoms with E-state index >= 15 is 0 Å². The number of hydrogen-bond donors (Lipinski definition) is 2. The Morgan fingerprint density at radius 3 is 2.67 bits per heavy atom. The second-order valence-corrected chi connectivity index (χ2v) is 6.54. The van der Waals surface area contributed by atoms with Gasteiger partial charge in [-0.2, -0.15) is 0 Å². The average molecular weight is 327 g/mol. The average Bonchev–Trinajstić information content (AvgIpc) is 3.03. The highest BCUT2D eigenvalue weighted by Crippen LogP contribution is 2.27. The number of rotatable bonds is 4. The van der Waals surface area contributed by atoms with Gasteiger partial charge < -0.3 is 10.6 Å². The Morgan fingerprint density at radius 2 is 1.92 bits per heavy atom. The van der Waals surface area contributed by atoms with Crippen LogP contribution in [0.5, 0.6) is 0 Å². The van der Waals surface area contributed by atoms with Crippen LogP contribution in [0, 0.1) is 0 Å². The van der Waals surface area contributed by atoms with Crippen LogP contribution in [0.4, 0.5) is 0 Å². The molecule has 2 N–H and O–H groups in total. The Morgan fingerprint density at radius 1 is 1.12 bits per heavy atom. The van der Waals surface area contributed by atoms with E-state index in [2.05, 4.69) is 15.5 Å². The molecule has 0 unspecified atom stereocenters. The van der Waals surface area contributed by atoms with E-state index in [1.165, 1.54) is 25.8 Å². The van der Waals surface area contributed by atoms with E-state index in [1.54, 1.807) is 31.3 Å². The fourth-order valence-electron chi connectivity index (χ4n) is 3.71. The van der Waals surface area contributed by atoms with Gasteiger partial charge in [-0.05, 0) is 49.6 Å². The minimum absolute atomic E-state index is 0.0391. The van der Waals surface area contributed by atoms with E-state index in [0.29, 0.717) is 11.6 Å². The third-order valence-electron chi connectivity index (χ3n) is 5.01. The van der Waals surface area contributed by atoms with Crippen LogP contribution >= 0.6 is 0 Å². The quantitative estimate of drug-likeness (QED) is 0.829. The number of fused-ring (bicyclic) bond motifs is 1. The van der Waals surface area contributed by atoms with Crippen molar-refractivity contribution in [2.45, 2.75) is 37.8 Å². The van der Waals surface area contributed by atoms with Gasteiger partial charge in [-0.25, -0.2) is 0 Å². The molecule has 2 heterocycles. The monoisotopic (exact) mass is 327 g/mol. The number of carbonyl (C=O) groups is 2. The van der Waals surface area contributed by atoms with Gasteiger partial charge in [-0.15, -0.1) is 0 Å². The van der Waals surface area contributed by atoms with E-state index in [-0.39, 0.29) is 17.9 Å². The molecule has 2 saturated heterocycles. The zero-order valence-corrected chi connectivity index (χ0v) is 14.1. The van der Waals surface area contributed by atoms with Crippen molar-refractivity contribution in [3.63, 3.8) is 0 Å². The first kappa shape index (κ1) is 16.7. The summed E-state index contributed by atoms with van der Waals surface area (Å²) in [5.74, 6) is -0.149. The third kappa shape index (κ3) is 3.85. The smallest absolute Gasteiger partial charge is 0.251 e. The minimum atomic E-state index is -0.110. The van der Waals surface area contributed by atoms with Gasteiger partial charge in [0.2, 0.25) is 5.91 Å². The summed E-state index contributed by atoms with van der Waals surface area (Å²) in [6.07, 6.45) is 8.15. The molecule has 2 atom stereocenters. The van der Waals surface area contributed by atoms with E-state index < -0.39 is 0 Å². The highest BCUT2D eigenvalue weighted by Gasteiger charge is 2.35. The van der Waals surface area contributed by atoms with Crippen molar-refractivity contribution in [3.05, 3.63) is 41.5 Å². The normalized spacial score (nSPS) is 23.9. The van der Waals surface area contributed by atoms with Crippen molar-refractivity contribution in [2.75, 3.05) is 20.1 Å². The lowest BCUT2D eigenvalue weighted by molar-refractivity contribution is -0.117. The van der Waals surface area contributed by atoms with Crippen molar-refractivity contribution in [1.29, 1.82) is 0 Å². The molecule has 2 aliphatic heterocycles. The van der Waals surface area contributed by atoms with E-state index in [4.69, 9.17) is 0 Å². The molecule has 128 valence electrons. The molecule has 2 aliphatic rings. The lowest BCUT2D eigenvalue weighted by Crippen LogP contribution is -2.46. The number of amides is 2. The summed E-state index contributed by atoms with van der Waals surface area (Å²) >= 11 is 0. The Balaban J connectivity index is 1.54. The molecule has 24 heavy (non-hydrogen) atoms. The van der Waals surface area contributed by atoms with E-state index in [1.807, 2.05) is 12.1 Å². The first-order chi connectivity index (χ1) is 11.7. The molecular formula is C19H25N3O2. The van der Waals surface area contributed by atoms with E-state index in [0.717, 1.165) is 18.5 Å². The third-order valence-corrected chi connectivity index (χ3v) is 5.01. The molecule has 0 aromatic heterocycles. The predicted molar refractivity (Wildman–Crippen MR) is 94.6 cm³/mol. The summed E-state index contributed by atoms with van der Waals surface area (Å²) in [7, 11) is 1.61. The van der Waals surface area contributed by atoms with Crippen LogP contribution in [0.2, 0.25) is 0 Å². The number of nitrogens with one attached hydrogen (secondary N) is 2. The number of hydrogen-bond acceptors (Lipinski definition) is 3. The van der Waals surface area contributed by atoms with Crippen molar-refractivity contribution in [1.82, 2.24) is 15.5 Å². The summed E-state index contributed by atoms with van der Waals surface area (Å²) in [6, 6.07) is 7.99. The van der Waals surface area contributed by atoms with Crippen molar-refractivity contribution < 1.29 is 9.59 Å². The van der Waals surface area contributed by atoms with Crippen molar-refractivity contribution in [3.8, 4) is 0 Å². The predicted octanol–water partition coefficient (Wildman–Crippen LogP) is 1.80. The second kappa shape index (κ2) is 7.62. The van der Waals surface area contributed by atoms with Gasteiger partial charge in [-0.3, -0.25) is 14.5 Å². The van der Waals surface area contributed by atoms with Crippen LogP contribution in [-0.4, -0.2) is 48.9 Å². The Bertz CT molecular complexity index is 624. The molecule has 3 rings (SSSR count). The topological polar surface area (TPSA) is 61.4 Å². The number of piperidine rings is 1. The second-order valence-electron chi connectivity index (χ2n) is 6.54. The van der Waals surface area contributed by atoms with Crippen LogP contribution in [-0.2, 0) is 4.79 Å². The van der Waals surface area contributed by atoms with Gasteiger partial charge in [0.15, 0.2) is 0 Å². The molecule has 0 aliphatic carbocycles. The van der Waals surface area contributed by atoms with Crippen molar-refractivity contribution in [2.24, 2.45) is 0 Å². The fourth-order valence-corrected chi connectivity index (χ4v) is 3.71. The number of benzene rings is 1. The van der Waals surface area contributed by atoms with Crippen LogP contribution in [0.25, 0.3) is 6.08 Å². The zero-order valence-electron chi connectivity index (χ0n) is 14.1. The summed E-state index contributed by atoms with van der Waals surface area (Å²) in [6.45, 7) is 2.27. The van der Waals surface area contributed by atoms with Gasteiger partial charge in [-0.1, -0.05) is 18.6 Å². The summed E-state index contributed by atoms with van der Waals surface area (Å²) in [5, 5.41) is 5.74. The molecule has 2 fully saturated rings. The van der Waals surface area contributed by atoms with E-state index in [9.17, 15) is 9.59 Å². The summed E-state index contributed by atoms with van der Waals surface area (Å²) < 4.78 is 0. The lowest BCUT2D eigenvalue weighted by atomic mass is 9.99. The van der Waals surface area contributed by atoms with Crippen LogP contribution in [0.15, 0.2) is 30.3 Å². The van der Waals surface area contributed by atoms with Gasteiger partial charge in [0.25, 0.3) is 5.91 Å². The Kier molecular flexibility index (Phi) is 5.30. The largest absolute Gasteiger partial charge is 0.355 e. The Labute approximate surface area is 143 Å². The highest BCUT2D eigenvalue weighted by molar-refractivity contribution is 5.94. The molecule has 5 nitrogen and oxygen atoms in total. The maximum Gasteiger partial charge on any atom is 0.251 e. The molecule has 0 radical (unpaired) electrons. The molecule has 1 aromatic rings. The standard InChI is InChI=1S/C19H25N3O2/c1-20-19(24)15-8-5-14(6-9-15)7-10-18(23)21-16-11-13-22-12-3-2-4-17(16)22/h5-10,16-17H,2-4,11-13H2,1H3,(H,20,24)(H,21,23)/b10-7-/t16-,17-/m1/s1. The molecular weight excluding hydrogens is 302 g/mol. The minimum Gasteiger partial charge on any atom is -0.355 e. The number of nitrogens with zero attached hydrogens (tertiary/aromatic N) is 1. The zero-order chi connectivity index (χ0) is 16.9. The SMILES string of the molecule is CNC(=O)c1ccc(/C=C\C(=O)N[C@@H]2CCN3CCCC[C@H]23)cc1. The van der Waals surface area contributed by atoms with Crippen LogP contribution < -0.4 is 10.6 Å². The molecule has 0 bridgehead atoms. The highest BCUT2D eigenvalue weighted by atomic mass is 16.2. The van der Waals surface area contributed by atoms with Gasteiger partial charge in [0.1, 0.15) is 0 Å². The van der Waals surface area contributed by atoms with Gasteiger partial charge in [0, 0.05) is 37.3 Å². The van der Waals surface area contributed by atoms with Crippen molar-refractivity contribution >= 4 is 17.9 Å². The molecule has 5 heteroatoms. The fraction of sp³-hybridized carbons (Fsp3) is 0.474. The first-order valence-corrected chi connectivity index (χ1v) is 8.72. The Hall–Kier alpha value is -2.14. The maximum atomic E-state index is 12.2. The molecule has 1 aromatic carbocycles. The first-order valence-electron chi connectivity index (χ1n) is 8.72. The number of carbonyl (C=O) groups excluding carboxylic acids is 2. The maximum absolute atomic E-state index is 12.2. The summed E-state index contributed by atoms with van der Waals surface area (Å²) in [4.78, 5) is 26.2. The van der Waals surface area contributed by atoms with Crippen LogP contribution in [0.1, 0.15) is 41.6 Å². The van der Waals surface area contributed by atoms with Gasteiger partial charge in [0.05, 0.1) is 0 Å².